The Labute approximate surface area is 210 Å². The Morgan fingerprint density at radius 1 is 1.17 bits per heavy atom. The summed E-state index contributed by atoms with van der Waals surface area (Å²) in [6.45, 7) is 11.0. The molecule has 11 atom stereocenters. The van der Waals surface area contributed by atoms with E-state index in [2.05, 4.69) is 25.0 Å². The van der Waals surface area contributed by atoms with Crippen molar-refractivity contribution in [3.63, 3.8) is 0 Å². The second kappa shape index (κ2) is 7.67. The van der Waals surface area contributed by atoms with E-state index in [4.69, 9.17) is 0 Å². The molecule has 5 heteroatoms. The SMILES string of the molecule is C[C@H]1[C@@H]2[C@H]1[C@H](C(=O)Cn1cc(C(C)(C)C#N)cn1)[C@@]1(C)CC[C@H]3[C@@H](CC[C@@H]4C[C@](C)(O)CC[C@@H]43)[C@H]21. The number of hydrogen-bond acceptors (Lipinski definition) is 4. The molecule has 0 spiro atoms. The zero-order chi connectivity index (χ0) is 24.9. The van der Waals surface area contributed by atoms with Gasteiger partial charge >= 0.3 is 0 Å². The fraction of sp³-hybridized carbons (Fsp3) is 0.833. The quantitative estimate of drug-likeness (QED) is 0.632. The second-order valence-electron chi connectivity index (χ2n) is 14.3. The maximum atomic E-state index is 13.9. The molecule has 1 heterocycles. The average molecular weight is 478 g/mol. The first-order valence-corrected chi connectivity index (χ1v) is 14.2. The minimum absolute atomic E-state index is 0.120. The van der Waals surface area contributed by atoms with Crippen molar-refractivity contribution in [2.75, 3.05) is 0 Å². The van der Waals surface area contributed by atoms with Crippen molar-refractivity contribution in [2.45, 2.75) is 97.1 Å². The summed E-state index contributed by atoms with van der Waals surface area (Å²) in [7, 11) is 0. The van der Waals surface area contributed by atoms with Crippen molar-refractivity contribution in [1.29, 1.82) is 5.26 Å². The summed E-state index contributed by atoms with van der Waals surface area (Å²) in [6, 6.07) is 2.34. The van der Waals surface area contributed by atoms with Crippen LogP contribution in [0.4, 0.5) is 0 Å². The molecule has 1 N–H and O–H groups in total. The van der Waals surface area contributed by atoms with E-state index in [0.29, 0.717) is 36.0 Å². The lowest BCUT2D eigenvalue weighted by Crippen LogP contribution is -2.52. The standard InChI is InChI=1S/C30H43N3O2/c1-17-24-25(17)27(23(34)15-33-14-19(13-32-33)28(2,3)16-31)30(5)11-9-21-20-8-10-29(4,35)12-18(20)6-7-22(21)26(24)30/h13-14,17-18,20-22,24-27,35H,6-12,15H2,1-5H3/t17-,18+,20-,21+,22+,24+,25-,26+,27-,29+,30-/m0/s1. The Kier molecular flexibility index (Phi) is 5.20. The first-order valence-electron chi connectivity index (χ1n) is 14.2. The Morgan fingerprint density at radius 2 is 1.91 bits per heavy atom. The van der Waals surface area contributed by atoms with Gasteiger partial charge in [0.1, 0.15) is 0 Å². The second-order valence-corrected chi connectivity index (χ2v) is 14.3. The fourth-order valence-corrected chi connectivity index (χ4v) is 10.2. The highest BCUT2D eigenvalue weighted by Crippen LogP contribution is 2.76. The summed E-state index contributed by atoms with van der Waals surface area (Å²) in [4.78, 5) is 13.9. The number of rotatable bonds is 4. The summed E-state index contributed by atoms with van der Waals surface area (Å²) in [6.07, 6.45) is 11.8. The largest absolute Gasteiger partial charge is 0.390 e. The van der Waals surface area contributed by atoms with E-state index < -0.39 is 11.0 Å². The van der Waals surface area contributed by atoms with Crippen LogP contribution < -0.4 is 0 Å². The highest BCUT2D eigenvalue weighted by atomic mass is 16.3. The lowest BCUT2D eigenvalue weighted by molar-refractivity contribution is -0.137. The molecule has 5 fully saturated rings. The van der Waals surface area contributed by atoms with Crippen LogP contribution in [0.3, 0.4) is 0 Å². The molecule has 0 aliphatic heterocycles. The highest BCUT2D eigenvalue weighted by Gasteiger charge is 2.73. The smallest absolute Gasteiger partial charge is 0.158 e. The molecule has 1 aromatic rings. The number of carbonyl (C=O) groups is 1. The predicted octanol–water partition coefficient (Wildman–Crippen LogP) is 5.38. The summed E-state index contributed by atoms with van der Waals surface area (Å²) in [5.74, 6) is 6.17. The third-order valence-corrected chi connectivity index (χ3v) is 11.9. The van der Waals surface area contributed by atoms with E-state index in [0.717, 1.165) is 42.1 Å². The Morgan fingerprint density at radius 3 is 2.66 bits per heavy atom. The van der Waals surface area contributed by atoms with Crippen molar-refractivity contribution in [1.82, 2.24) is 9.78 Å². The maximum absolute atomic E-state index is 13.9. The van der Waals surface area contributed by atoms with E-state index in [1.54, 1.807) is 10.9 Å². The predicted molar refractivity (Wildman–Crippen MR) is 134 cm³/mol. The normalized spacial score (nSPS) is 48.2. The van der Waals surface area contributed by atoms with Crippen LogP contribution in [0.25, 0.3) is 0 Å². The number of nitrogens with zero attached hydrogens (tertiary/aromatic N) is 3. The summed E-state index contributed by atoms with van der Waals surface area (Å²) in [5, 5.41) is 24.6. The minimum Gasteiger partial charge on any atom is -0.390 e. The van der Waals surface area contributed by atoms with Crippen molar-refractivity contribution >= 4 is 5.78 Å². The minimum atomic E-state index is -0.592. The third kappa shape index (κ3) is 3.49. The van der Waals surface area contributed by atoms with Crippen LogP contribution >= 0.6 is 0 Å². The number of Topliss-reactive ketones (excluding diaryl/α,β-unsaturated/α-hetero) is 1. The first-order chi connectivity index (χ1) is 16.5. The molecule has 190 valence electrons. The van der Waals surface area contributed by atoms with Gasteiger partial charge < -0.3 is 5.11 Å². The number of carbonyl (C=O) groups excluding carboxylic acids is 1. The molecule has 0 aromatic carbocycles. The molecule has 0 radical (unpaired) electrons. The molecule has 0 saturated heterocycles. The molecule has 0 bridgehead atoms. The molecule has 6 rings (SSSR count). The van der Waals surface area contributed by atoms with E-state index in [-0.39, 0.29) is 11.3 Å². The van der Waals surface area contributed by atoms with E-state index in [1.807, 2.05) is 27.0 Å². The van der Waals surface area contributed by atoms with Gasteiger partial charge in [-0.2, -0.15) is 10.4 Å². The van der Waals surface area contributed by atoms with Crippen molar-refractivity contribution in [3.05, 3.63) is 18.0 Å². The monoisotopic (exact) mass is 477 g/mol. The van der Waals surface area contributed by atoms with Crippen molar-refractivity contribution < 1.29 is 9.90 Å². The molecule has 5 aliphatic carbocycles. The van der Waals surface area contributed by atoms with Crippen LogP contribution in [-0.4, -0.2) is 26.3 Å². The van der Waals surface area contributed by atoms with E-state index in [1.165, 1.54) is 32.1 Å². The lowest BCUT2D eigenvalue weighted by Gasteiger charge is -2.58. The molecular weight excluding hydrogens is 434 g/mol. The summed E-state index contributed by atoms with van der Waals surface area (Å²) in [5.41, 5.74) is -0.0575. The molecule has 5 nitrogen and oxygen atoms in total. The van der Waals surface area contributed by atoms with Gasteiger partial charge in [-0.05, 0) is 118 Å². The summed E-state index contributed by atoms with van der Waals surface area (Å²) < 4.78 is 1.78. The molecule has 5 aliphatic rings. The molecule has 1 aromatic heterocycles. The number of hydrogen-bond donors (Lipinski definition) is 1. The van der Waals surface area contributed by atoms with E-state index >= 15 is 0 Å². The van der Waals surface area contributed by atoms with E-state index in [9.17, 15) is 15.2 Å². The van der Waals surface area contributed by atoms with Crippen LogP contribution in [0.2, 0.25) is 0 Å². The maximum Gasteiger partial charge on any atom is 0.158 e. The molecule has 0 amide bonds. The van der Waals surface area contributed by atoms with Gasteiger partial charge in [-0.15, -0.1) is 0 Å². The van der Waals surface area contributed by atoms with Crippen LogP contribution in [0, 0.1) is 70.0 Å². The first kappa shape index (κ1) is 23.7. The summed E-state index contributed by atoms with van der Waals surface area (Å²) >= 11 is 0. The van der Waals surface area contributed by atoms with Crippen molar-refractivity contribution in [3.8, 4) is 6.07 Å². The Hall–Kier alpha value is -1.67. The van der Waals surface area contributed by atoms with Gasteiger partial charge in [0.05, 0.1) is 29.8 Å². The van der Waals surface area contributed by atoms with Gasteiger partial charge in [-0.3, -0.25) is 9.48 Å². The molecular formula is C30H43N3O2. The third-order valence-electron chi connectivity index (χ3n) is 11.9. The molecule has 0 unspecified atom stereocenters. The molecule has 35 heavy (non-hydrogen) atoms. The lowest BCUT2D eigenvalue weighted by atomic mass is 9.47. The Bertz CT molecular complexity index is 1070. The van der Waals surface area contributed by atoms with Crippen LogP contribution in [0.15, 0.2) is 12.4 Å². The van der Waals surface area contributed by atoms with Gasteiger partial charge in [0.15, 0.2) is 5.78 Å². The zero-order valence-corrected chi connectivity index (χ0v) is 22.2. The number of aliphatic hydroxyl groups is 1. The van der Waals surface area contributed by atoms with Crippen LogP contribution in [-0.2, 0) is 16.8 Å². The van der Waals surface area contributed by atoms with Gasteiger partial charge in [0.25, 0.3) is 0 Å². The van der Waals surface area contributed by atoms with Crippen LogP contribution in [0.1, 0.15) is 85.1 Å². The number of fused-ring (bicyclic) bond motifs is 7. The average Bonchev–Trinajstić information content (AvgIpc) is 3.14. The van der Waals surface area contributed by atoms with Crippen molar-refractivity contribution in [2.24, 2.45) is 58.7 Å². The molecule has 5 saturated carbocycles. The van der Waals surface area contributed by atoms with Gasteiger partial charge in [-0.25, -0.2) is 0 Å². The zero-order valence-electron chi connectivity index (χ0n) is 22.2. The number of ketones is 1. The number of aromatic nitrogens is 2. The van der Waals surface area contributed by atoms with Gasteiger partial charge in [0, 0.05) is 17.7 Å². The van der Waals surface area contributed by atoms with Crippen LogP contribution in [0.5, 0.6) is 0 Å². The highest BCUT2D eigenvalue weighted by molar-refractivity contribution is 5.83. The number of nitriles is 1. The Balaban J connectivity index is 1.22. The van der Waals surface area contributed by atoms with Gasteiger partial charge in [0.2, 0.25) is 0 Å². The topological polar surface area (TPSA) is 78.9 Å². The van der Waals surface area contributed by atoms with Gasteiger partial charge in [-0.1, -0.05) is 13.8 Å². The fourth-order valence-electron chi connectivity index (χ4n) is 10.2.